The first-order valence-corrected chi connectivity index (χ1v) is 13.3. The lowest BCUT2D eigenvalue weighted by Crippen LogP contribution is -2.33. The first-order chi connectivity index (χ1) is 17.6. The van der Waals surface area contributed by atoms with Gasteiger partial charge in [-0.15, -0.1) is 11.6 Å². The van der Waals surface area contributed by atoms with Crippen LogP contribution in [0.4, 0.5) is 11.4 Å². The second-order valence-corrected chi connectivity index (χ2v) is 10.3. The van der Waals surface area contributed by atoms with E-state index in [1.807, 2.05) is 24.3 Å². The van der Waals surface area contributed by atoms with E-state index >= 15 is 0 Å². The van der Waals surface area contributed by atoms with Gasteiger partial charge in [0.15, 0.2) is 0 Å². The number of ether oxygens (including phenoxy) is 5. The number of anilines is 2. The van der Waals surface area contributed by atoms with Gasteiger partial charge in [-0.1, -0.05) is 6.07 Å². The lowest BCUT2D eigenvalue weighted by molar-refractivity contribution is 0.198. The molecule has 0 spiro atoms. The van der Waals surface area contributed by atoms with Gasteiger partial charge in [0.05, 0.1) is 56.9 Å². The average molecular weight is 517 g/mol. The summed E-state index contributed by atoms with van der Waals surface area (Å²) in [5.74, 6) is 1.62. The molecule has 1 N–H and O–H groups in total. The van der Waals surface area contributed by atoms with Crippen molar-refractivity contribution in [3.8, 4) is 11.5 Å². The van der Waals surface area contributed by atoms with Crippen LogP contribution in [0.2, 0.25) is 0 Å². The molecule has 5 atom stereocenters. The quantitative estimate of drug-likeness (QED) is 0.286. The number of rotatable bonds is 15. The minimum absolute atomic E-state index is 0.158. The van der Waals surface area contributed by atoms with Gasteiger partial charge in [0, 0.05) is 55.4 Å². The third-order valence-electron chi connectivity index (χ3n) is 6.80. The van der Waals surface area contributed by atoms with Crippen LogP contribution in [-0.2, 0) is 25.4 Å². The number of epoxide rings is 4. The van der Waals surface area contributed by atoms with E-state index in [0.29, 0.717) is 18.6 Å². The van der Waals surface area contributed by atoms with Crippen molar-refractivity contribution < 1.29 is 28.8 Å². The number of halogens is 1. The fourth-order valence-corrected chi connectivity index (χ4v) is 4.64. The van der Waals surface area contributed by atoms with E-state index in [9.17, 15) is 5.11 Å². The zero-order valence-corrected chi connectivity index (χ0v) is 21.0. The highest BCUT2D eigenvalue weighted by Crippen LogP contribution is 2.36. The Hall–Kier alpha value is -2.07. The van der Waals surface area contributed by atoms with E-state index < -0.39 is 6.10 Å². The van der Waals surface area contributed by atoms with E-state index in [4.69, 9.17) is 35.3 Å². The first-order valence-electron chi connectivity index (χ1n) is 12.7. The van der Waals surface area contributed by atoms with E-state index in [0.717, 1.165) is 81.0 Å². The largest absolute Gasteiger partial charge is 0.457 e. The lowest BCUT2D eigenvalue weighted by Gasteiger charge is -2.28. The summed E-state index contributed by atoms with van der Waals surface area (Å²) in [4.78, 5) is 4.61. The zero-order chi connectivity index (χ0) is 24.5. The van der Waals surface area contributed by atoms with Crippen LogP contribution in [0.15, 0.2) is 42.5 Å². The first kappa shape index (κ1) is 24.3. The van der Waals surface area contributed by atoms with Crippen LogP contribution in [-0.4, -0.2) is 94.1 Å². The highest BCUT2D eigenvalue weighted by Gasteiger charge is 2.33. The van der Waals surface area contributed by atoms with Gasteiger partial charge in [0.1, 0.15) is 11.5 Å². The zero-order valence-electron chi connectivity index (χ0n) is 20.3. The molecule has 2 aromatic rings. The Kier molecular flexibility index (Phi) is 7.24. The summed E-state index contributed by atoms with van der Waals surface area (Å²) in [6, 6.07) is 14.2. The molecule has 4 heterocycles. The molecule has 4 fully saturated rings. The molecule has 4 saturated heterocycles. The van der Waals surface area contributed by atoms with Crippen LogP contribution in [0.5, 0.6) is 11.5 Å². The van der Waals surface area contributed by atoms with Crippen molar-refractivity contribution in [1.82, 2.24) is 0 Å². The predicted molar refractivity (Wildman–Crippen MR) is 137 cm³/mol. The van der Waals surface area contributed by atoms with Crippen molar-refractivity contribution in [2.24, 2.45) is 0 Å². The van der Waals surface area contributed by atoms with Crippen LogP contribution in [0, 0.1) is 0 Å². The van der Waals surface area contributed by atoms with Crippen molar-refractivity contribution in [1.29, 1.82) is 0 Å². The molecule has 2 aromatic carbocycles. The second kappa shape index (κ2) is 10.7. The number of aliphatic hydroxyl groups excluding tert-OH is 1. The summed E-state index contributed by atoms with van der Waals surface area (Å²) < 4.78 is 28.3. The van der Waals surface area contributed by atoms with E-state index in [2.05, 4.69) is 28.0 Å². The van der Waals surface area contributed by atoms with Crippen LogP contribution < -0.4 is 14.5 Å². The molecule has 0 saturated carbocycles. The SMILES string of the molecule is OC(CCl)Cc1c(Oc2ccc(N(CC3CO3)CC3CO3)cc2)cccc1N(CC1CO1)CC1CO1. The summed E-state index contributed by atoms with van der Waals surface area (Å²) in [5, 5.41) is 10.5. The Morgan fingerprint density at radius 1 is 0.806 bits per heavy atom. The minimum atomic E-state index is -0.670. The molecule has 0 aromatic heterocycles. The standard InChI is InChI=1S/C27H33ClN2O6/c28-9-19(31)8-25-26(30(12-23-16-34-23)13-24-17-35-24)2-1-3-27(25)36-20-6-4-18(5-7-20)29(10-21-14-32-21)11-22-15-33-22/h1-7,19,21-24,31H,8-17H2. The summed E-state index contributed by atoms with van der Waals surface area (Å²) >= 11 is 6.00. The number of alkyl halides is 1. The van der Waals surface area contributed by atoms with E-state index in [1.54, 1.807) is 0 Å². The molecule has 4 aliphatic heterocycles. The third kappa shape index (κ3) is 6.62. The van der Waals surface area contributed by atoms with Gasteiger partial charge in [0.25, 0.3) is 0 Å². The van der Waals surface area contributed by atoms with E-state index in [1.165, 1.54) is 0 Å². The van der Waals surface area contributed by atoms with Crippen molar-refractivity contribution in [2.45, 2.75) is 36.9 Å². The number of benzene rings is 2. The van der Waals surface area contributed by atoms with Crippen molar-refractivity contribution >= 4 is 23.0 Å². The maximum atomic E-state index is 10.5. The summed E-state index contributed by atoms with van der Waals surface area (Å²) in [7, 11) is 0. The van der Waals surface area contributed by atoms with Gasteiger partial charge in [-0.2, -0.15) is 0 Å². The number of hydrogen-bond acceptors (Lipinski definition) is 8. The molecular weight excluding hydrogens is 484 g/mol. The monoisotopic (exact) mass is 516 g/mol. The fraction of sp³-hybridized carbons (Fsp3) is 0.556. The second-order valence-electron chi connectivity index (χ2n) is 9.99. The predicted octanol–water partition coefficient (Wildman–Crippen LogP) is 2.83. The molecule has 0 aliphatic carbocycles. The van der Waals surface area contributed by atoms with Gasteiger partial charge in [-0.05, 0) is 36.4 Å². The normalized spacial score (nSPS) is 26.3. The molecule has 0 radical (unpaired) electrons. The number of nitrogens with zero attached hydrogens (tertiary/aromatic N) is 2. The van der Waals surface area contributed by atoms with Crippen molar-refractivity contribution in [3.05, 3.63) is 48.0 Å². The topological polar surface area (TPSA) is 86.1 Å². The summed E-state index contributed by atoms with van der Waals surface area (Å²) in [5.41, 5.74) is 3.09. The molecular formula is C27H33ClN2O6. The Morgan fingerprint density at radius 2 is 1.33 bits per heavy atom. The van der Waals surface area contributed by atoms with Crippen LogP contribution in [0.1, 0.15) is 5.56 Å². The summed E-state index contributed by atoms with van der Waals surface area (Å²) in [6.45, 7) is 6.52. The molecule has 36 heavy (non-hydrogen) atoms. The van der Waals surface area contributed by atoms with Crippen molar-refractivity contribution in [2.75, 3.05) is 68.3 Å². The molecule has 4 aliphatic rings. The van der Waals surface area contributed by atoms with Crippen LogP contribution >= 0.6 is 11.6 Å². The van der Waals surface area contributed by atoms with Gasteiger partial charge < -0.3 is 38.6 Å². The Morgan fingerprint density at radius 3 is 1.83 bits per heavy atom. The fourth-order valence-electron chi connectivity index (χ4n) is 4.53. The molecule has 8 nitrogen and oxygen atoms in total. The Balaban J connectivity index is 1.22. The molecule has 0 bridgehead atoms. The van der Waals surface area contributed by atoms with E-state index in [-0.39, 0.29) is 18.1 Å². The highest BCUT2D eigenvalue weighted by molar-refractivity contribution is 6.18. The molecule has 9 heteroatoms. The average Bonchev–Trinajstić information content (AvgIpc) is 3.68. The lowest BCUT2D eigenvalue weighted by atomic mass is 10.0. The van der Waals surface area contributed by atoms with Crippen molar-refractivity contribution in [3.63, 3.8) is 0 Å². The van der Waals surface area contributed by atoms with Gasteiger partial charge in [-0.3, -0.25) is 0 Å². The number of aliphatic hydroxyl groups is 1. The minimum Gasteiger partial charge on any atom is -0.457 e. The maximum Gasteiger partial charge on any atom is 0.132 e. The van der Waals surface area contributed by atoms with Gasteiger partial charge in [0.2, 0.25) is 0 Å². The molecule has 194 valence electrons. The number of hydrogen-bond donors (Lipinski definition) is 1. The van der Waals surface area contributed by atoms with Crippen LogP contribution in [0.25, 0.3) is 0 Å². The van der Waals surface area contributed by atoms with Gasteiger partial charge in [-0.25, -0.2) is 0 Å². The Bertz CT molecular complexity index is 995. The molecule has 0 amide bonds. The maximum absolute atomic E-state index is 10.5. The smallest absolute Gasteiger partial charge is 0.132 e. The molecule has 5 unspecified atom stereocenters. The van der Waals surface area contributed by atoms with Gasteiger partial charge >= 0.3 is 0 Å². The highest BCUT2D eigenvalue weighted by atomic mass is 35.5. The third-order valence-corrected chi connectivity index (χ3v) is 7.16. The molecule has 6 rings (SSSR count). The summed E-state index contributed by atoms with van der Waals surface area (Å²) in [6.07, 6.45) is 0.814. The van der Waals surface area contributed by atoms with Crippen LogP contribution in [0.3, 0.4) is 0 Å². The Labute approximate surface area is 216 Å².